The highest BCUT2D eigenvalue weighted by molar-refractivity contribution is 4.75. The lowest BCUT2D eigenvalue weighted by molar-refractivity contribution is -0.204. The molecule has 0 aliphatic rings. The minimum Gasteiger partial charge on any atom is -0.388 e. The van der Waals surface area contributed by atoms with Gasteiger partial charge in [0.1, 0.15) is 6.10 Å². The number of likely N-dealkylation sites (N-methyl/N-ethyl adjacent to an activating group) is 1. The van der Waals surface area contributed by atoms with Crippen LogP contribution in [0, 0.1) is 0 Å². The molecule has 0 saturated heterocycles. The van der Waals surface area contributed by atoms with Gasteiger partial charge in [-0.3, -0.25) is 0 Å². The van der Waals surface area contributed by atoms with Gasteiger partial charge in [0.25, 0.3) is 0 Å². The monoisotopic (exact) mass is 175 g/mol. The van der Waals surface area contributed by atoms with Crippen LogP contribution in [0.2, 0.25) is 0 Å². The molecule has 0 heterocycles. The predicted octanol–water partition coefficient (Wildman–Crippen LogP) is 0.467. The number of hydrogen-bond donors (Lipinski definition) is 2. The lowest BCUT2D eigenvalue weighted by atomic mass is 10.2. The highest BCUT2D eigenvalue weighted by atomic mass is 19.4. The van der Waals surface area contributed by atoms with Crippen molar-refractivity contribution in [2.24, 2.45) is 0 Å². The molecule has 0 amide bonds. The number of rotatable bonds is 3. The van der Waals surface area contributed by atoms with Gasteiger partial charge in [-0.2, -0.15) is 13.2 Å². The van der Waals surface area contributed by atoms with Crippen molar-refractivity contribution < 1.29 is 22.7 Å². The van der Waals surface area contributed by atoms with E-state index in [1.165, 1.54) is 7.05 Å². The second-order valence-electron chi connectivity index (χ2n) is 2.07. The Morgan fingerprint density at radius 1 is 1.45 bits per heavy atom. The van der Waals surface area contributed by atoms with Crippen LogP contribution in [-0.4, -0.2) is 37.2 Å². The van der Waals surface area contributed by atoms with Crippen molar-refractivity contribution in [3.63, 3.8) is 0 Å². The van der Waals surface area contributed by atoms with E-state index >= 15 is 0 Å². The highest BCUT2D eigenvalue weighted by Gasteiger charge is 2.44. The van der Waals surface area contributed by atoms with Crippen molar-refractivity contribution in [3.8, 4) is 0 Å². The average molecular weight is 175 g/mol. The average Bonchev–Trinajstić information content (AvgIpc) is 1.85. The Hall–Kier alpha value is -0.360. The van der Waals surface area contributed by atoms with Crippen LogP contribution in [0.5, 0.6) is 0 Å². The smallest absolute Gasteiger partial charge is 0.388 e. The summed E-state index contributed by atoms with van der Waals surface area (Å²) in [5, 5.41) is 10.7. The van der Waals surface area contributed by atoms with E-state index in [2.05, 4.69) is 5.32 Å². The Kier molecular flexibility index (Phi) is 3.74. The van der Waals surface area contributed by atoms with Crippen LogP contribution < -0.4 is 5.32 Å². The Bertz CT molecular complexity index is 116. The van der Waals surface area contributed by atoms with E-state index in [1.807, 2.05) is 0 Å². The van der Waals surface area contributed by atoms with Gasteiger partial charge in [0.15, 0.2) is 0 Å². The summed E-state index contributed by atoms with van der Waals surface area (Å²) in [5.41, 5.74) is 0. The second-order valence-corrected chi connectivity index (χ2v) is 2.07. The molecule has 0 aromatic heterocycles. The lowest BCUT2D eigenvalue weighted by Gasteiger charge is -2.17. The zero-order chi connectivity index (χ0) is 9.07. The predicted molar refractivity (Wildman–Crippen MR) is 30.9 cm³/mol. The maximum absolute atomic E-state index is 12.1. The Labute approximate surface area is 61.2 Å². The van der Waals surface area contributed by atoms with Gasteiger partial charge in [0, 0.05) is 6.54 Å². The molecule has 6 heteroatoms. The number of nitrogens with one attached hydrogen (secondary N) is 1. The van der Waals surface area contributed by atoms with Gasteiger partial charge in [-0.05, 0) is 7.05 Å². The molecule has 0 bridgehead atoms. The van der Waals surface area contributed by atoms with Gasteiger partial charge in [0.2, 0.25) is 6.17 Å². The summed E-state index contributed by atoms with van der Waals surface area (Å²) in [6.07, 6.45) is -10.2. The van der Waals surface area contributed by atoms with E-state index in [-0.39, 0.29) is 0 Å². The number of hydrogen-bond acceptors (Lipinski definition) is 2. The fourth-order valence-corrected chi connectivity index (χ4v) is 0.531. The zero-order valence-corrected chi connectivity index (χ0v) is 5.82. The quantitative estimate of drug-likeness (QED) is 0.611. The maximum Gasteiger partial charge on any atom is 0.422 e. The third kappa shape index (κ3) is 3.52. The van der Waals surface area contributed by atoms with Crippen LogP contribution in [0.15, 0.2) is 0 Å². The van der Waals surface area contributed by atoms with E-state index in [0.29, 0.717) is 0 Å². The van der Waals surface area contributed by atoms with Crippen molar-refractivity contribution in [1.29, 1.82) is 0 Å². The molecule has 0 radical (unpaired) electrons. The molecule has 0 aromatic rings. The topological polar surface area (TPSA) is 32.3 Å². The van der Waals surface area contributed by atoms with Crippen molar-refractivity contribution >= 4 is 0 Å². The fraction of sp³-hybridized carbons (Fsp3) is 1.00. The van der Waals surface area contributed by atoms with E-state index in [0.717, 1.165) is 0 Å². The lowest BCUT2D eigenvalue weighted by Crippen LogP contribution is -2.41. The standard InChI is InChI=1S/C5H9F4NO/c1-10-2-3(11)4(6)5(7,8)9/h3-4,10-11H,2H2,1H3. The maximum atomic E-state index is 12.1. The van der Waals surface area contributed by atoms with Gasteiger partial charge in [-0.25, -0.2) is 4.39 Å². The highest BCUT2D eigenvalue weighted by Crippen LogP contribution is 2.24. The summed E-state index contributed by atoms with van der Waals surface area (Å²) in [6, 6.07) is 0. The molecule has 2 nitrogen and oxygen atoms in total. The Morgan fingerprint density at radius 2 is 1.91 bits per heavy atom. The van der Waals surface area contributed by atoms with Gasteiger partial charge >= 0.3 is 6.18 Å². The molecular formula is C5H9F4NO. The van der Waals surface area contributed by atoms with E-state index in [4.69, 9.17) is 5.11 Å². The minimum atomic E-state index is -4.98. The van der Waals surface area contributed by atoms with Gasteiger partial charge < -0.3 is 10.4 Å². The van der Waals surface area contributed by atoms with Crippen LogP contribution in [0.25, 0.3) is 0 Å². The zero-order valence-electron chi connectivity index (χ0n) is 5.82. The summed E-state index contributed by atoms with van der Waals surface area (Å²) >= 11 is 0. The minimum absolute atomic E-state index is 0.416. The third-order valence-electron chi connectivity index (χ3n) is 1.06. The summed E-state index contributed by atoms with van der Waals surface area (Å²) < 4.78 is 46.5. The molecule has 0 saturated carbocycles. The Morgan fingerprint density at radius 3 is 2.18 bits per heavy atom. The normalized spacial score (nSPS) is 18.0. The van der Waals surface area contributed by atoms with Gasteiger partial charge in [-0.15, -0.1) is 0 Å². The van der Waals surface area contributed by atoms with Crippen molar-refractivity contribution in [2.75, 3.05) is 13.6 Å². The molecule has 2 N–H and O–H groups in total. The SMILES string of the molecule is CNCC(O)C(F)C(F)(F)F. The molecule has 68 valence electrons. The molecule has 2 unspecified atom stereocenters. The largest absolute Gasteiger partial charge is 0.422 e. The van der Waals surface area contributed by atoms with Gasteiger partial charge in [0.05, 0.1) is 0 Å². The van der Waals surface area contributed by atoms with Crippen LogP contribution in [0.3, 0.4) is 0 Å². The fourth-order valence-electron chi connectivity index (χ4n) is 0.531. The van der Waals surface area contributed by atoms with Crippen LogP contribution in [-0.2, 0) is 0 Å². The molecule has 0 aliphatic carbocycles. The van der Waals surface area contributed by atoms with Gasteiger partial charge in [-0.1, -0.05) is 0 Å². The summed E-state index contributed by atoms with van der Waals surface area (Å²) in [7, 11) is 1.33. The van der Waals surface area contributed by atoms with Crippen molar-refractivity contribution in [1.82, 2.24) is 5.32 Å². The molecule has 0 spiro atoms. The second kappa shape index (κ2) is 3.87. The number of halogens is 4. The van der Waals surface area contributed by atoms with Crippen LogP contribution in [0.1, 0.15) is 0 Å². The number of aliphatic hydroxyl groups is 1. The molecule has 0 rings (SSSR count). The molecule has 0 aromatic carbocycles. The first-order valence-electron chi connectivity index (χ1n) is 2.93. The first-order valence-corrected chi connectivity index (χ1v) is 2.93. The number of aliphatic hydroxyl groups excluding tert-OH is 1. The van der Waals surface area contributed by atoms with Crippen molar-refractivity contribution in [2.45, 2.75) is 18.5 Å². The van der Waals surface area contributed by atoms with Crippen LogP contribution in [0.4, 0.5) is 17.6 Å². The summed E-state index contributed by atoms with van der Waals surface area (Å²) in [4.78, 5) is 0. The molecule has 0 aliphatic heterocycles. The first-order chi connectivity index (χ1) is 4.89. The molecular weight excluding hydrogens is 166 g/mol. The first kappa shape index (κ1) is 10.6. The van der Waals surface area contributed by atoms with E-state index < -0.39 is 25.0 Å². The number of alkyl halides is 4. The molecule has 0 fully saturated rings. The third-order valence-corrected chi connectivity index (χ3v) is 1.06. The summed E-state index contributed by atoms with van der Waals surface area (Å²) in [6.45, 7) is -0.416. The van der Waals surface area contributed by atoms with E-state index in [9.17, 15) is 17.6 Å². The van der Waals surface area contributed by atoms with Crippen LogP contribution >= 0.6 is 0 Å². The molecule has 11 heavy (non-hydrogen) atoms. The summed E-state index contributed by atoms with van der Waals surface area (Å²) in [5.74, 6) is 0. The van der Waals surface area contributed by atoms with E-state index in [1.54, 1.807) is 0 Å². The molecule has 2 atom stereocenters. The Balaban J connectivity index is 3.91. The van der Waals surface area contributed by atoms with Crippen molar-refractivity contribution in [3.05, 3.63) is 0 Å².